The molecule has 1 heteroatoms. The van der Waals surface area contributed by atoms with Gasteiger partial charge in [0.15, 0.2) is 0 Å². The van der Waals surface area contributed by atoms with Gasteiger partial charge in [-0.1, -0.05) is 50.6 Å². The molecule has 0 heterocycles. The lowest BCUT2D eigenvalue weighted by atomic mass is 9.95. The van der Waals surface area contributed by atoms with Crippen LogP contribution in [0.1, 0.15) is 63.2 Å². The van der Waals surface area contributed by atoms with E-state index in [1.165, 1.54) is 30.4 Å². The Balaban J connectivity index is 2.06. The normalized spacial score (nSPS) is 18.0. The Morgan fingerprint density at radius 3 is 2.47 bits per heavy atom. The maximum absolute atomic E-state index is 10.5. The van der Waals surface area contributed by atoms with Gasteiger partial charge < -0.3 is 5.11 Å². The first-order chi connectivity index (χ1) is 9.16. The molecule has 1 aliphatic carbocycles. The third-order valence-electron chi connectivity index (χ3n) is 3.87. The van der Waals surface area contributed by atoms with Gasteiger partial charge in [-0.25, -0.2) is 0 Å². The van der Waals surface area contributed by atoms with Crippen molar-refractivity contribution in [2.75, 3.05) is 0 Å². The number of aliphatic hydroxyl groups excluding tert-OH is 1. The molecule has 0 radical (unpaired) electrons. The van der Waals surface area contributed by atoms with Crippen molar-refractivity contribution in [1.29, 1.82) is 0 Å². The molecule has 0 aromatic heterocycles. The zero-order valence-electron chi connectivity index (χ0n) is 12.2. The minimum Gasteiger partial charge on any atom is -0.384 e. The van der Waals surface area contributed by atoms with E-state index in [1.54, 1.807) is 0 Å². The van der Waals surface area contributed by atoms with E-state index in [4.69, 9.17) is 0 Å². The summed E-state index contributed by atoms with van der Waals surface area (Å²) in [6.07, 6.45) is 8.91. The first-order valence-electron chi connectivity index (χ1n) is 7.62. The number of rotatable bonds is 4. The van der Waals surface area contributed by atoms with Crippen molar-refractivity contribution in [2.24, 2.45) is 5.92 Å². The highest BCUT2D eigenvalue weighted by Gasteiger charge is 2.14. The fourth-order valence-corrected chi connectivity index (χ4v) is 2.81. The molecular formula is C18H26O. The summed E-state index contributed by atoms with van der Waals surface area (Å²) >= 11 is 0. The predicted molar refractivity (Wildman–Crippen MR) is 81.1 cm³/mol. The molecule has 2 rings (SSSR count). The summed E-state index contributed by atoms with van der Waals surface area (Å²) in [5.74, 6) is 0.681. The lowest BCUT2D eigenvalue weighted by molar-refractivity contribution is 0.210. The molecule has 1 atom stereocenters. The van der Waals surface area contributed by atoms with Crippen molar-refractivity contribution in [3.8, 4) is 0 Å². The van der Waals surface area contributed by atoms with E-state index in [0.717, 1.165) is 24.8 Å². The average molecular weight is 258 g/mol. The molecule has 0 saturated heterocycles. The van der Waals surface area contributed by atoms with Crippen LogP contribution in [0.3, 0.4) is 0 Å². The van der Waals surface area contributed by atoms with E-state index in [-0.39, 0.29) is 0 Å². The maximum atomic E-state index is 10.5. The minimum atomic E-state index is -0.397. The second-order valence-electron chi connectivity index (χ2n) is 6.12. The van der Waals surface area contributed by atoms with Crippen LogP contribution >= 0.6 is 0 Å². The smallest absolute Gasteiger partial charge is 0.100 e. The molecular weight excluding hydrogens is 232 g/mol. The molecule has 1 N–H and O–H groups in total. The van der Waals surface area contributed by atoms with Crippen molar-refractivity contribution in [1.82, 2.24) is 0 Å². The molecule has 104 valence electrons. The number of hydrogen-bond acceptors (Lipinski definition) is 1. The van der Waals surface area contributed by atoms with Gasteiger partial charge in [0.25, 0.3) is 0 Å². The molecule has 0 fully saturated rings. The van der Waals surface area contributed by atoms with Gasteiger partial charge in [0, 0.05) is 0 Å². The second-order valence-corrected chi connectivity index (χ2v) is 6.12. The molecule has 19 heavy (non-hydrogen) atoms. The van der Waals surface area contributed by atoms with Crippen LogP contribution in [0.2, 0.25) is 0 Å². The highest BCUT2D eigenvalue weighted by molar-refractivity contribution is 5.29. The Morgan fingerprint density at radius 2 is 1.79 bits per heavy atom. The van der Waals surface area contributed by atoms with E-state index in [2.05, 4.69) is 44.2 Å². The number of allylic oxidation sites excluding steroid dienone is 1. The van der Waals surface area contributed by atoms with E-state index in [9.17, 15) is 5.11 Å². The van der Waals surface area contributed by atoms with Gasteiger partial charge in [0.1, 0.15) is 6.10 Å². The summed E-state index contributed by atoms with van der Waals surface area (Å²) < 4.78 is 0. The molecule has 1 nitrogen and oxygen atoms in total. The largest absolute Gasteiger partial charge is 0.384 e. The molecule has 0 spiro atoms. The van der Waals surface area contributed by atoms with Gasteiger partial charge >= 0.3 is 0 Å². The SMILES string of the molecule is CC(C)Cc1ccc(C(O)C2=CCCCCC2)cc1. The Labute approximate surface area is 117 Å². The van der Waals surface area contributed by atoms with Gasteiger partial charge in [0.05, 0.1) is 0 Å². The molecule has 1 unspecified atom stereocenters. The van der Waals surface area contributed by atoms with Crippen molar-refractivity contribution < 1.29 is 5.11 Å². The van der Waals surface area contributed by atoms with Gasteiger partial charge in [-0.3, -0.25) is 0 Å². The molecule has 1 aliphatic rings. The van der Waals surface area contributed by atoms with E-state index >= 15 is 0 Å². The Kier molecular flexibility index (Phi) is 5.21. The van der Waals surface area contributed by atoms with Gasteiger partial charge in [-0.05, 0) is 54.7 Å². The first-order valence-corrected chi connectivity index (χ1v) is 7.62. The highest BCUT2D eigenvalue weighted by atomic mass is 16.3. The van der Waals surface area contributed by atoms with Crippen molar-refractivity contribution in [3.05, 3.63) is 47.0 Å². The molecule has 0 saturated carbocycles. The fraction of sp³-hybridized carbons (Fsp3) is 0.556. The Hall–Kier alpha value is -1.08. The topological polar surface area (TPSA) is 20.2 Å². The van der Waals surface area contributed by atoms with Crippen LogP contribution in [0.5, 0.6) is 0 Å². The predicted octanol–water partition coefficient (Wildman–Crippen LogP) is 4.81. The van der Waals surface area contributed by atoms with Crippen molar-refractivity contribution in [2.45, 2.75) is 58.5 Å². The van der Waals surface area contributed by atoms with E-state index < -0.39 is 6.10 Å². The summed E-state index contributed by atoms with van der Waals surface area (Å²) in [6, 6.07) is 8.51. The first kappa shape index (κ1) is 14.3. The van der Waals surface area contributed by atoms with Crippen molar-refractivity contribution in [3.63, 3.8) is 0 Å². The maximum Gasteiger partial charge on any atom is 0.100 e. The summed E-state index contributed by atoms with van der Waals surface area (Å²) in [5, 5.41) is 10.5. The van der Waals surface area contributed by atoms with E-state index in [1.807, 2.05) is 0 Å². The summed E-state index contributed by atoms with van der Waals surface area (Å²) in [5.41, 5.74) is 3.62. The minimum absolute atomic E-state index is 0.397. The highest BCUT2D eigenvalue weighted by Crippen LogP contribution is 2.29. The second kappa shape index (κ2) is 6.91. The monoisotopic (exact) mass is 258 g/mol. The number of aliphatic hydroxyl groups is 1. The molecule has 0 bridgehead atoms. The van der Waals surface area contributed by atoms with Crippen LogP contribution in [0.25, 0.3) is 0 Å². The average Bonchev–Trinajstić information content (AvgIpc) is 2.67. The lowest BCUT2D eigenvalue weighted by Gasteiger charge is -2.15. The number of hydrogen-bond donors (Lipinski definition) is 1. The van der Waals surface area contributed by atoms with Gasteiger partial charge in [0.2, 0.25) is 0 Å². The van der Waals surface area contributed by atoms with Crippen LogP contribution in [-0.4, -0.2) is 5.11 Å². The van der Waals surface area contributed by atoms with E-state index in [0.29, 0.717) is 5.92 Å². The molecule has 1 aromatic rings. The van der Waals surface area contributed by atoms with Gasteiger partial charge in [-0.15, -0.1) is 0 Å². The third kappa shape index (κ3) is 4.21. The molecule has 1 aromatic carbocycles. The summed E-state index contributed by atoms with van der Waals surface area (Å²) in [7, 11) is 0. The van der Waals surface area contributed by atoms with Crippen LogP contribution in [0, 0.1) is 5.92 Å². The van der Waals surface area contributed by atoms with Gasteiger partial charge in [-0.2, -0.15) is 0 Å². The Bertz CT molecular complexity index is 414. The molecule has 0 aliphatic heterocycles. The van der Waals surface area contributed by atoms with Crippen LogP contribution in [0.15, 0.2) is 35.9 Å². The van der Waals surface area contributed by atoms with Crippen LogP contribution in [0.4, 0.5) is 0 Å². The van der Waals surface area contributed by atoms with Crippen molar-refractivity contribution >= 4 is 0 Å². The summed E-state index contributed by atoms with van der Waals surface area (Å²) in [6.45, 7) is 4.47. The standard InChI is InChI=1S/C18H26O/c1-14(2)13-15-9-11-17(12-10-15)18(19)16-7-5-3-4-6-8-16/h7,9-12,14,18-19H,3-6,8,13H2,1-2H3. The zero-order chi connectivity index (χ0) is 13.7. The summed E-state index contributed by atoms with van der Waals surface area (Å²) in [4.78, 5) is 0. The lowest BCUT2D eigenvalue weighted by Crippen LogP contribution is -2.02. The quantitative estimate of drug-likeness (QED) is 0.768. The van der Waals surface area contributed by atoms with Crippen LogP contribution in [-0.2, 0) is 6.42 Å². The Morgan fingerprint density at radius 1 is 1.05 bits per heavy atom. The zero-order valence-corrected chi connectivity index (χ0v) is 12.2. The fourth-order valence-electron chi connectivity index (χ4n) is 2.81. The third-order valence-corrected chi connectivity index (χ3v) is 3.87. The number of benzene rings is 1. The molecule has 0 amide bonds. The van der Waals surface area contributed by atoms with Crippen LogP contribution < -0.4 is 0 Å².